The van der Waals surface area contributed by atoms with E-state index in [0.29, 0.717) is 0 Å². The van der Waals surface area contributed by atoms with Gasteiger partial charge in [0.05, 0.1) is 0 Å². The molecule has 1 aliphatic heterocycles. The fourth-order valence-corrected chi connectivity index (χ4v) is 2.79. The molecular weight excluding hydrogens is 220 g/mol. The highest BCUT2D eigenvalue weighted by molar-refractivity contribution is 5.51. The number of benzene rings is 1. The quantitative estimate of drug-likeness (QED) is 0.875. The SMILES string of the molecule is Cc1cc(N2CCC(C)C2)ccc1CNC1CC1. The molecule has 0 amide bonds. The number of nitrogens with zero attached hydrogens (tertiary/aromatic N) is 1. The van der Waals surface area contributed by atoms with E-state index in [-0.39, 0.29) is 0 Å². The summed E-state index contributed by atoms with van der Waals surface area (Å²) in [4.78, 5) is 2.52. The summed E-state index contributed by atoms with van der Waals surface area (Å²) in [5, 5.41) is 3.60. The summed E-state index contributed by atoms with van der Waals surface area (Å²) >= 11 is 0. The third kappa shape index (κ3) is 2.69. The van der Waals surface area contributed by atoms with Gasteiger partial charge in [0.15, 0.2) is 0 Å². The summed E-state index contributed by atoms with van der Waals surface area (Å²) in [6.45, 7) is 8.07. The van der Waals surface area contributed by atoms with Gasteiger partial charge in [0.2, 0.25) is 0 Å². The van der Waals surface area contributed by atoms with Gasteiger partial charge in [-0.2, -0.15) is 0 Å². The van der Waals surface area contributed by atoms with Crippen LogP contribution in [0.1, 0.15) is 37.3 Å². The number of hydrogen-bond acceptors (Lipinski definition) is 2. The lowest BCUT2D eigenvalue weighted by Gasteiger charge is -2.20. The van der Waals surface area contributed by atoms with Gasteiger partial charge >= 0.3 is 0 Å². The first kappa shape index (κ1) is 12.0. The van der Waals surface area contributed by atoms with E-state index in [9.17, 15) is 0 Å². The van der Waals surface area contributed by atoms with Crippen molar-refractivity contribution in [3.63, 3.8) is 0 Å². The minimum absolute atomic E-state index is 0.795. The number of nitrogens with one attached hydrogen (secondary N) is 1. The lowest BCUT2D eigenvalue weighted by atomic mass is 10.1. The van der Waals surface area contributed by atoms with Gasteiger partial charge in [0.25, 0.3) is 0 Å². The molecule has 3 rings (SSSR count). The Morgan fingerprint density at radius 1 is 1.28 bits per heavy atom. The van der Waals surface area contributed by atoms with Crippen molar-refractivity contribution < 1.29 is 0 Å². The van der Waals surface area contributed by atoms with Crippen LogP contribution in [0.2, 0.25) is 0 Å². The minimum atomic E-state index is 0.795. The standard InChI is InChI=1S/C16H24N2/c1-12-7-8-18(11-12)16-6-3-14(13(2)9-16)10-17-15-4-5-15/h3,6,9,12,15,17H,4-5,7-8,10-11H2,1-2H3. The zero-order valence-corrected chi connectivity index (χ0v) is 11.6. The molecule has 0 radical (unpaired) electrons. The fourth-order valence-electron chi connectivity index (χ4n) is 2.79. The second kappa shape index (κ2) is 4.93. The van der Waals surface area contributed by atoms with Crippen molar-refractivity contribution in [2.45, 2.75) is 45.7 Å². The maximum Gasteiger partial charge on any atom is 0.0369 e. The molecule has 1 aromatic carbocycles. The van der Waals surface area contributed by atoms with Crippen LogP contribution in [0.4, 0.5) is 5.69 Å². The lowest BCUT2D eigenvalue weighted by Crippen LogP contribution is -2.20. The molecule has 2 fully saturated rings. The molecule has 0 bridgehead atoms. The van der Waals surface area contributed by atoms with E-state index in [4.69, 9.17) is 0 Å². The van der Waals surface area contributed by atoms with Crippen LogP contribution < -0.4 is 10.2 Å². The number of hydrogen-bond donors (Lipinski definition) is 1. The molecule has 1 unspecified atom stereocenters. The van der Waals surface area contributed by atoms with Gasteiger partial charge in [-0.25, -0.2) is 0 Å². The van der Waals surface area contributed by atoms with Crippen LogP contribution >= 0.6 is 0 Å². The third-order valence-electron chi connectivity index (χ3n) is 4.27. The molecule has 0 aromatic heterocycles. The molecule has 1 N–H and O–H groups in total. The van der Waals surface area contributed by atoms with Crippen molar-refractivity contribution in [2.75, 3.05) is 18.0 Å². The molecule has 98 valence electrons. The lowest BCUT2D eigenvalue weighted by molar-refractivity contribution is 0.659. The predicted molar refractivity (Wildman–Crippen MR) is 77.0 cm³/mol. The highest BCUT2D eigenvalue weighted by Crippen LogP contribution is 2.26. The molecule has 1 saturated carbocycles. The van der Waals surface area contributed by atoms with Gasteiger partial charge in [-0.1, -0.05) is 13.0 Å². The van der Waals surface area contributed by atoms with Gasteiger partial charge in [0, 0.05) is 31.4 Å². The summed E-state index contributed by atoms with van der Waals surface area (Å²) in [5.74, 6) is 0.849. The predicted octanol–water partition coefficient (Wildman–Crippen LogP) is 3.09. The van der Waals surface area contributed by atoms with Crippen LogP contribution in [0.25, 0.3) is 0 Å². The van der Waals surface area contributed by atoms with Crippen LogP contribution in [0.5, 0.6) is 0 Å². The van der Waals surface area contributed by atoms with Crippen molar-refractivity contribution in [3.8, 4) is 0 Å². The van der Waals surface area contributed by atoms with E-state index in [1.54, 1.807) is 0 Å². The van der Waals surface area contributed by atoms with Crippen LogP contribution in [-0.4, -0.2) is 19.1 Å². The average molecular weight is 244 g/mol. The Bertz CT molecular complexity index is 423. The zero-order chi connectivity index (χ0) is 12.5. The molecule has 1 aromatic rings. The maximum absolute atomic E-state index is 3.60. The fraction of sp³-hybridized carbons (Fsp3) is 0.625. The second-order valence-corrected chi connectivity index (χ2v) is 6.11. The molecule has 1 aliphatic carbocycles. The molecule has 1 heterocycles. The van der Waals surface area contributed by atoms with Crippen molar-refractivity contribution in [2.24, 2.45) is 5.92 Å². The van der Waals surface area contributed by atoms with E-state index in [2.05, 4.69) is 42.3 Å². The largest absolute Gasteiger partial charge is 0.371 e. The Labute approximate surface area is 110 Å². The molecular formula is C16H24N2. The first-order valence-electron chi connectivity index (χ1n) is 7.30. The first-order chi connectivity index (χ1) is 8.72. The summed E-state index contributed by atoms with van der Waals surface area (Å²) in [6.07, 6.45) is 4.07. The molecule has 18 heavy (non-hydrogen) atoms. The van der Waals surface area contributed by atoms with Gasteiger partial charge in [-0.05, 0) is 55.4 Å². The van der Waals surface area contributed by atoms with Gasteiger partial charge in [-0.15, -0.1) is 0 Å². The van der Waals surface area contributed by atoms with E-state index in [1.165, 1.54) is 49.2 Å². The summed E-state index contributed by atoms with van der Waals surface area (Å²) in [6, 6.07) is 7.77. The number of aryl methyl sites for hydroxylation is 1. The van der Waals surface area contributed by atoms with Gasteiger partial charge in [0.1, 0.15) is 0 Å². The van der Waals surface area contributed by atoms with Crippen LogP contribution in [-0.2, 0) is 6.54 Å². The summed E-state index contributed by atoms with van der Waals surface area (Å²) in [7, 11) is 0. The van der Waals surface area contributed by atoms with Crippen LogP contribution in [0.15, 0.2) is 18.2 Å². The molecule has 2 nitrogen and oxygen atoms in total. The van der Waals surface area contributed by atoms with E-state index >= 15 is 0 Å². The highest BCUT2D eigenvalue weighted by atomic mass is 15.1. The van der Waals surface area contributed by atoms with Crippen LogP contribution in [0, 0.1) is 12.8 Å². The van der Waals surface area contributed by atoms with E-state index in [0.717, 1.165) is 18.5 Å². The Morgan fingerprint density at radius 2 is 2.11 bits per heavy atom. The first-order valence-corrected chi connectivity index (χ1v) is 7.30. The molecule has 2 heteroatoms. The Morgan fingerprint density at radius 3 is 2.72 bits per heavy atom. The zero-order valence-electron chi connectivity index (χ0n) is 11.6. The number of rotatable bonds is 4. The van der Waals surface area contributed by atoms with Gasteiger partial charge < -0.3 is 10.2 Å². The molecule has 1 saturated heterocycles. The Kier molecular flexibility index (Phi) is 3.29. The average Bonchev–Trinajstić information content (AvgIpc) is 3.08. The number of anilines is 1. The smallest absolute Gasteiger partial charge is 0.0369 e. The van der Waals surface area contributed by atoms with E-state index < -0.39 is 0 Å². The topological polar surface area (TPSA) is 15.3 Å². The Hall–Kier alpha value is -1.02. The molecule has 2 aliphatic rings. The van der Waals surface area contributed by atoms with Crippen LogP contribution in [0.3, 0.4) is 0 Å². The monoisotopic (exact) mass is 244 g/mol. The maximum atomic E-state index is 3.60. The van der Waals surface area contributed by atoms with Crippen molar-refractivity contribution in [1.82, 2.24) is 5.32 Å². The molecule has 0 spiro atoms. The minimum Gasteiger partial charge on any atom is -0.371 e. The summed E-state index contributed by atoms with van der Waals surface area (Å²) < 4.78 is 0. The van der Waals surface area contributed by atoms with Gasteiger partial charge in [-0.3, -0.25) is 0 Å². The normalized spacial score (nSPS) is 23.7. The third-order valence-corrected chi connectivity index (χ3v) is 4.27. The van der Waals surface area contributed by atoms with Crippen molar-refractivity contribution in [1.29, 1.82) is 0 Å². The molecule has 1 atom stereocenters. The Balaban J connectivity index is 1.67. The highest BCUT2D eigenvalue weighted by Gasteiger charge is 2.21. The second-order valence-electron chi connectivity index (χ2n) is 6.11. The summed E-state index contributed by atoms with van der Waals surface area (Å²) in [5.41, 5.74) is 4.30. The van der Waals surface area contributed by atoms with Crippen molar-refractivity contribution >= 4 is 5.69 Å². The van der Waals surface area contributed by atoms with Crippen molar-refractivity contribution in [3.05, 3.63) is 29.3 Å². The van der Waals surface area contributed by atoms with E-state index in [1.807, 2.05) is 0 Å².